The molecule has 0 fully saturated rings. The summed E-state index contributed by atoms with van der Waals surface area (Å²) in [5, 5.41) is 20.4. The third kappa shape index (κ3) is 3.19. The van der Waals surface area contributed by atoms with E-state index in [2.05, 4.69) is 62.1 Å². The topological polar surface area (TPSA) is 99.3 Å². The van der Waals surface area contributed by atoms with Gasteiger partial charge >= 0.3 is 0 Å². The molecule has 4 rings (SSSR count). The van der Waals surface area contributed by atoms with Crippen molar-refractivity contribution in [3.63, 3.8) is 0 Å². The Bertz CT molecular complexity index is 1050. The summed E-state index contributed by atoms with van der Waals surface area (Å²) < 4.78 is 0. The molecular formula is C19H18N6O. The lowest BCUT2D eigenvalue weighted by molar-refractivity contribution is 0.102. The summed E-state index contributed by atoms with van der Waals surface area (Å²) >= 11 is 0. The van der Waals surface area contributed by atoms with Crippen molar-refractivity contribution in [3.05, 3.63) is 59.7 Å². The molecule has 26 heavy (non-hydrogen) atoms. The zero-order valence-electron chi connectivity index (χ0n) is 14.3. The fraction of sp³-hybridized carbons (Fsp3) is 0.158. The molecule has 0 aliphatic rings. The molecule has 2 heterocycles. The van der Waals surface area contributed by atoms with Crippen LogP contribution in [0.25, 0.3) is 22.3 Å². The number of fused-ring (bicyclic) bond motifs is 1. The van der Waals surface area contributed by atoms with Gasteiger partial charge in [0.1, 0.15) is 11.0 Å². The van der Waals surface area contributed by atoms with Crippen LogP contribution in [0.1, 0.15) is 29.3 Å². The van der Waals surface area contributed by atoms with Gasteiger partial charge in [0, 0.05) is 11.6 Å². The maximum Gasteiger partial charge on any atom is 0.256 e. The van der Waals surface area contributed by atoms with Crippen molar-refractivity contribution < 1.29 is 4.79 Å². The number of amides is 1. The summed E-state index contributed by atoms with van der Waals surface area (Å²) in [6, 6.07) is 15.3. The van der Waals surface area contributed by atoms with Gasteiger partial charge in [-0.05, 0) is 35.7 Å². The third-order valence-corrected chi connectivity index (χ3v) is 4.20. The highest BCUT2D eigenvalue weighted by atomic mass is 16.1. The first-order valence-electron chi connectivity index (χ1n) is 8.49. The van der Waals surface area contributed by atoms with Crippen molar-refractivity contribution in [1.82, 2.24) is 25.6 Å². The maximum atomic E-state index is 12.4. The lowest BCUT2D eigenvalue weighted by Crippen LogP contribution is -2.12. The van der Waals surface area contributed by atoms with E-state index in [1.165, 1.54) is 5.56 Å². The van der Waals surface area contributed by atoms with Gasteiger partial charge in [0.2, 0.25) is 0 Å². The smallest absolute Gasteiger partial charge is 0.256 e. The molecule has 0 spiro atoms. The number of nitrogens with one attached hydrogen (secondary N) is 3. The van der Waals surface area contributed by atoms with Gasteiger partial charge in [0.25, 0.3) is 5.91 Å². The molecule has 0 aliphatic heterocycles. The van der Waals surface area contributed by atoms with E-state index in [0.717, 1.165) is 29.6 Å². The number of hydrogen-bond donors (Lipinski definition) is 3. The minimum atomic E-state index is -0.244. The second-order valence-corrected chi connectivity index (χ2v) is 6.10. The number of benzene rings is 2. The van der Waals surface area contributed by atoms with E-state index in [-0.39, 0.29) is 5.91 Å². The summed E-state index contributed by atoms with van der Waals surface area (Å²) in [5.41, 5.74) is 5.06. The number of hydrogen-bond acceptors (Lipinski definition) is 4. The molecule has 0 radical (unpaired) electrons. The summed E-state index contributed by atoms with van der Waals surface area (Å²) in [6.07, 6.45) is 2.19. The van der Waals surface area contributed by atoms with Gasteiger partial charge in [-0.1, -0.05) is 37.6 Å². The summed E-state index contributed by atoms with van der Waals surface area (Å²) in [6.45, 7) is 2.16. The number of anilines is 1. The number of rotatable bonds is 5. The molecule has 1 amide bonds. The van der Waals surface area contributed by atoms with Crippen molar-refractivity contribution in [2.24, 2.45) is 0 Å². The van der Waals surface area contributed by atoms with E-state index in [1.54, 1.807) is 18.2 Å². The first-order chi connectivity index (χ1) is 12.7. The van der Waals surface area contributed by atoms with Crippen LogP contribution in [0.4, 0.5) is 5.82 Å². The van der Waals surface area contributed by atoms with Crippen LogP contribution in [0.3, 0.4) is 0 Å². The molecule has 2 aromatic heterocycles. The molecule has 4 aromatic rings. The highest BCUT2D eigenvalue weighted by Crippen LogP contribution is 2.21. The first kappa shape index (κ1) is 16.0. The van der Waals surface area contributed by atoms with Gasteiger partial charge in [0.05, 0.1) is 5.69 Å². The Balaban J connectivity index is 1.49. The molecule has 7 heteroatoms. The predicted octanol–water partition coefficient (Wildman–Crippen LogP) is 3.55. The quantitative estimate of drug-likeness (QED) is 0.514. The largest absolute Gasteiger partial charge is 0.305 e. The average molecular weight is 346 g/mol. The summed E-state index contributed by atoms with van der Waals surface area (Å²) in [7, 11) is 0. The van der Waals surface area contributed by atoms with Crippen LogP contribution in [0, 0.1) is 0 Å². The van der Waals surface area contributed by atoms with Crippen molar-refractivity contribution in [2.45, 2.75) is 19.8 Å². The Hall–Kier alpha value is -3.48. The monoisotopic (exact) mass is 346 g/mol. The molecule has 0 atom stereocenters. The molecule has 0 bridgehead atoms. The van der Waals surface area contributed by atoms with Gasteiger partial charge in [-0.2, -0.15) is 20.5 Å². The standard InChI is InChI=1S/C19H18N6O/c1-2-3-12-4-6-13(7-5-12)16-11-18(24-21-16)20-19(26)14-8-9-15-17(10-14)23-25-22-15/h4-11H,2-3H2,1H3,(H,22,23,25)(H2,20,21,24,26). The van der Waals surface area contributed by atoms with Gasteiger partial charge in [0.15, 0.2) is 5.82 Å². The zero-order valence-corrected chi connectivity index (χ0v) is 14.3. The van der Waals surface area contributed by atoms with E-state index in [9.17, 15) is 4.79 Å². The Morgan fingerprint density at radius 2 is 1.81 bits per heavy atom. The van der Waals surface area contributed by atoms with Gasteiger partial charge in [-0.3, -0.25) is 9.89 Å². The lowest BCUT2D eigenvalue weighted by Gasteiger charge is -2.01. The third-order valence-electron chi connectivity index (χ3n) is 4.20. The van der Waals surface area contributed by atoms with E-state index in [0.29, 0.717) is 16.9 Å². The second kappa shape index (κ2) is 6.79. The molecule has 2 aromatic carbocycles. The molecule has 130 valence electrons. The molecule has 0 saturated carbocycles. The predicted molar refractivity (Wildman–Crippen MR) is 99.9 cm³/mol. The van der Waals surface area contributed by atoms with E-state index in [1.807, 2.05) is 6.07 Å². The van der Waals surface area contributed by atoms with Crippen LogP contribution >= 0.6 is 0 Å². The van der Waals surface area contributed by atoms with Crippen LogP contribution in [0.2, 0.25) is 0 Å². The Kier molecular flexibility index (Phi) is 4.18. The van der Waals surface area contributed by atoms with Crippen LogP contribution in [-0.2, 0) is 6.42 Å². The molecule has 0 saturated heterocycles. The van der Waals surface area contributed by atoms with Crippen molar-refractivity contribution in [3.8, 4) is 11.3 Å². The first-order valence-corrected chi connectivity index (χ1v) is 8.49. The minimum Gasteiger partial charge on any atom is -0.305 e. The Morgan fingerprint density at radius 3 is 2.62 bits per heavy atom. The number of aromatic amines is 2. The van der Waals surface area contributed by atoms with E-state index in [4.69, 9.17) is 0 Å². The van der Waals surface area contributed by atoms with Gasteiger partial charge in [-0.15, -0.1) is 0 Å². The van der Waals surface area contributed by atoms with Crippen LogP contribution < -0.4 is 5.32 Å². The highest BCUT2D eigenvalue weighted by Gasteiger charge is 2.11. The maximum absolute atomic E-state index is 12.4. The fourth-order valence-electron chi connectivity index (χ4n) is 2.84. The summed E-state index contributed by atoms with van der Waals surface area (Å²) in [4.78, 5) is 12.4. The molecule has 7 nitrogen and oxygen atoms in total. The van der Waals surface area contributed by atoms with Crippen molar-refractivity contribution >= 4 is 22.8 Å². The van der Waals surface area contributed by atoms with Crippen LogP contribution in [0.5, 0.6) is 0 Å². The second-order valence-electron chi connectivity index (χ2n) is 6.10. The molecule has 0 aliphatic carbocycles. The lowest BCUT2D eigenvalue weighted by atomic mass is 10.1. The molecule has 0 unspecified atom stereocenters. The van der Waals surface area contributed by atoms with E-state index < -0.39 is 0 Å². The Labute approximate surface area is 149 Å². The van der Waals surface area contributed by atoms with Crippen LogP contribution in [-0.4, -0.2) is 31.5 Å². The Morgan fingerprint density at radius 1 is 1.00 bits per heavy atom. The fourth-order valence-corrected chi connectivity index (χ4v) is 2.84. The SMILES string of the molecule is CCCc1ccc(-c2cc(NC(=O)c3ccc4n[nH]nc4c3)n[nH]2)cc1. The van der Waals surface area contributed by atoms with Crippen molar-refractivity contribution in [2.75, 3.05) is 5.32 Å². The van der Waals surface area contributed by atoms with Gasteiger partial charge in [-0.25, -0.2) is 0 Å². The number of aryl methyl sites for hydroxylation is 1. The van der Waals surface area contributed by atoms with Crippen molar-refractivity contribution in [1.29, 1.82) is 0 Å². The number of aromatic nitrogens is 5. The number of nitrogens with zero attached hydrogens (tertiary/aromatic N) is 3. The number of carbonyl (C=O) groups is 1. The normalized spacial score (nSPS) is 11.0. The zero-order chi connectivity index (χ0) is 17.9. The molecular weight excluding hydrogens is 328 g/mol. The van der Waals surface area contributed by atoms with Gasteiger partial charge < -0.3 is 5.32 Å². The van der Waals surface area contributed by atoms with E-state index >= 15 is 0 Å². The summed E-state index contributed by atoms with van der Waals surface area (Å²) in [5.74, 6) is 0.231. The number of carbonyl (C=O) groups excluding carboxylic acids is 1. The highest BCUT2D eigenvalue weighted by molar-refractivity contribution is 6.05. The average Bonchev–Trinajstić information content (AvgIpc) is 3.31. The molecule has 3 N–H and O–H groups in total. The number of H-pyrrole nitrogens is 2. The minimum absolute atomic E-state index is 0.244. The van der Waals surface area contributed by atoms with Crippen LogP contribution in [0.15, 0.2) is 48.5 Å².